The number of halogens is 1. The zero-order valence-corrected chi connectivity index (χ0v) is 22.7. The third-order valence-corrected chi connectivity index (χ3v) is 9.69. The Labute approximate surface area is 219 Å². The predicted molar refractivity (Wildman–Crippen MR) is 144 cm³/mol. The Morgan fingerprint density at radius 1 is 1.14 bits per heavy atom. The molecule has 2 heterocycles. The molecular weight excluding hydrogens is 487 g/mol. The number of nitrogens with one attached hydrogen (secondary N) is 2. The van der Waals surface area contributed by atoms with Crippen LogP contribution < -0.4 is 5.32 Å². The number of aromatic nitrogens is 2. The fourth-order valence-corrected chi connectivity index (χ4v) is 7.34. The van der Waals surface area contributed by atoms with E-state index in [-0.39, 0.29) is 17.3 Å². The van der Waals surface area contributed by atoms with E-state index in [0.29, 0.717) is 37.4 Å². The first-order valence-corrected chi connectivity index (χ1v) is 14.3. The van der Waals surface area contributed by atoms with Crippen LogP contribution >= 0.6 is 0 Å². The van der Waals surface area contributed by atoms with Gasteiger partial charge in [-0.15, -0.1) is 0 Å². The maximum Gasteiger partial charge on any atom is 0.243 e. The molecule has 0 radical (unpaired) electrons. The molecule has 0 amide bonds. The summed E-state index contributed by atoms with van der Waals surface area (Å²) in [4.78, 5) is 0.310. The van der Waals surface area contributed by atoms with Crippen LogP contribution in [0.15, 0.2) is 65.2 Å². The fourth-order valence-electron chi connectivity index (χ4n) is 5.83. The van der Waals surface area contributed by atoms with E-state index in [4.69, 9.17) is 0 Å². The van der Waals surface area contributed by atoms with Gasteiger partial charge in [0.1, 0.15) is 5.82 Å². The van der Waals surface area contributed by atoms with E-state index in [0.717, 1.165) is 22.4 Å². The van der Waals surface area contributed by atoms with Crippen LogP contribution in [-0.4, -0.2) is 42.6 Å². The highest BCUT2D eigenvalue weighted by Gasteiger charge is 2.50. The van der Waals surface area contributed by atoms with Gasteiger partial charge < -0.3 is 5.32 Å². The molecule has 3 aromatic rings. The number of nitrogens with zero attached hydrogens (tertiary/aromatic N) is 2. The lowest BCUT2D eigenvalue weighted by Gasteiger charge is -2.50. The number of sulfonamides is 1. The maximum atomic E-state index is 13.9. The lowest BCUT2D eigenvalue weighted by molar-refractivity contribution is 0.153. The van der Waals surface area contributed by atoms with Crippen molar-refractivity contribution in [2.75, 3.05) is 19.6 Å². The molecule has 2 aliphatic rings. The largest absolute Gasteiger partial charge is 0.309 e. The van der Waals surface area contributed by atoms with Gasteiger partial charge in [-0.25, -0.2) is 12.8 Å². The van der Waals surface area contributed by atoms with Gasteiger partial charge in [-0.05, 0) is 71.8 Å². The number of hydrogen-bond donors (Lipinski definition) is 2. The maximum absolute atomic E-state index is 13.9. The second-order valence-electron chi connectivity index (χ2n) is 11.2. The first-order chi connectivity index (χ1) is 17.5. The van der Waals surface area contributed by atoms with Crippen LogP contribution in [0.3, 0.4) is 0 Å². The number of aromatic amines is 1. The molecule has 0 spiro atoms. The van der Waals surface area contributed by atoms with Gasteiger partial charge in [-0.3, -0.25) is 5.10 Å². The van der Waals surface area contributed by atoms with E-state index < -0.39 is 15.4 Å². The Morgan fingerprint density at radius 2 is 1.84 bits per heavy atom. The first kappa shape index (κ1) is 25.8. The van der Waals surface area contributed by atoms with Gasteiger partial charge in [0, 0.05) is 24.5 Å². The number of benzene rings is 2. The molecule has 0 saturated carbocycles. The van der Waals surface area contributed by atoms with Crippen LogP contribution in [0, 0.1) is 11.2 Å². The molecule has 1 fully saturated rings. The molecule has 1 saturated heterocycles. The summed E-state index contributed by atoms with van der Waals surface area (Å²) in [7, 11) is -3.72. The summed E-state index contributed by atoms with van der Waals surface area (Å²) in [5, 5.41) is 11.0. The zero-order valence-electron chi connectivity index (χ0n) is 21.9. The van der Waals surface area contributed by atoms with Crippen molar-refractivity contribution >= 4 is 16.1 Å². The van der Waals surface area contributed by atoms with E-state index in [1.165, 1.54) is 17.7 Å². The van der Waals surface area contributed by atoms with Crippen LogP contribution in [0.1, 0.15) is 62.5 Å². The summed E-state index contributed by atoms with van der Waals surface area (Å²) in [6.07, 6.45) is 5.22. The Morgan fingerprint density at radius 3 is 2.49 bits per heavy atom. The van der Waals surface area contributed by atoms with Gasteiger partial charge in [0.2, 0.25) is 10.0 Å². The van der Waals surface area contributed by atoms with Crippen molar-refractivity contribution in [3.63, 3.8) is 0 Å². The molecule has 196 valence electrons. The summed E-state index contributed by atoms with van der Waals surface area (Å²) < 4.78 is 43.4. The summed E-state index contributed by atoms with van der Waals surface area (Å²) >= 11 is 0. The Bertz CT molecular complexity index is 1410. The third kappa shape index (κ3) is 4.67. The summed E-state index contributed by atoms with van der Waals surface area (Å²) in [5.74, 6) is -0.292. The SMILES string of the molecule is CCN[C@@H](c1ccc(F)cc1)C12Cc3cn[nH]c3C=C1CCN(S(=O)(=O)c1ccc(C(C)(C)C)cc1)C2. The predicted octanol–water partition coefficient (Wildman–Crippen LogP) is 5.22. The Hall–Kier alpha value is -2.81. The van der Waals surface area contributed by atoms with Crippen molar-refractivity contribution in [3.05, 3.63) is 88.5 Å². The minimum atomic E-state index is -3.72. The lowest BCUT2D eigenvalue weighted by Crippen LogP contribution is -2.54. The summed E-state index contributed by atoms with van der Waals surface area (Å²) in [6, 6.07) is 13.6. The van der Waals surface area contributed by atoms with Crippen molar-refractivity contribution in [3.8, 4) is 0 Å². The van der Waals surface area contributed by atoms with Gasteiger partial charge in [0.25, 0.3) is 0 Å². The molecule has 2 aromatic carbocycles. The van der Waals surface area contributed by atoms with E-state index in [1.54, 1.807) is 28.6 Å². The third-order valence-electron chi connectivity index (χ3n) is 7.83. The van der Waals surface area contributed by atoms with Gasteiger partial charge in [-0.1, -0.05) is 57.5 Å². The molecule has 37 heavy (non-hydrogen) atoms. The quantitative estimate of drug-likeness (QED) is 0.466. The molecule has 5 rings (SSSR count). The molecule has 0 bridgehead atoms. The van der Waals surface area contributed by atoms with Gasteiger partial charge in [-0.2, -0.15) is 9.40 Å². The highest BCUT2D eigenvalue weighted by molar-refractivity contribution is 7.89. The van der Waals surface area contributed by atoms with Crippen molar-refractivity contribution in [1.82, 2.24) is 19.8 Å². The summed E-state index contributed by atoms with van der Waals surface area (Å²) in [5.41, 5.74) is 4.66. The van der Waals surface area contributed by atoms with E-state index in [1.807, 2.05) is 25.3 Å². The van der Waals surface area contributed by atoms with Crippen molar-refractivity contribution in [1.29, 1.82) is 0 Å². The minimum Gasteiger partial charge on any atom is -0.309 e. The smallest absolute Gasteiger partial charge is 0.243 e. The molecule has 1 unspecified atom stereocenters. The van der Waals surface area contributed by atoms with Gasteiger partial charge >= 0.3 is 0 Å². The zero-order chi connectivity index (χ0) is 26.4. The molecule has 2 N–H and O–H groups in total. The number of piperidine rings is 1. The monoisotopic (exact) mass is 522 g/mol. The summed E-state index contributed by atoms with van der Waals surface area (Å²) in [6.45, 7) is 9.80. The molecule has 6 nitrogen and oxygen atoms in total. The van der Waals surface area contributed by atoms with Crippen molar-refractivity contribution in [2.24, 2.45) is 5.41 Å². The van der Waals surface area contributed by atoms with E-state index in [9.17, 15) is 12.8 Å². The van der Waals surface area contributed by atoms with Crippen LogP contribution in [0.5, 0.6) is 0 Å². The molecule has 8 heteroatoms. The highest BCUT2D eigenvalue weighted by Crippen LogP contribution is 2.51. The fraction of sp³-hybridized carbons (Fsp3) is 0.414. The molecule has 1 aliphatic heterocycles. The number of fused-ring (bicyclic) bond motifs is 2. The van der Waals surface area contributed by atoms with Crippen LogP contribution in [0.4, 0.5) is 4.39 Å². The highest BCUT2D eigenvalue weighted by atomic mass is 32.2. The molecule has 1 aromatic heterocycles. The van der Waals surface area contributed by atoms with Crippen LogP contribution in [0.25, 0.3) is 6.08 Å². The lowest BCUT2D eigenvalue weighted by atomic mass is 9.63. The second kappa shape index (κ2) is 9.49. The number of H-pyrrole nitrogens is 1. The van der Waals surface area contributed by atoms with E-state index in [2.05, 4.69) is 42.4 Å². The second-order valence-corrected chi connectivity index (χ2v) is 13.2. The molecular formula is C29H35FN4O2S. The topological polar surface area (TPSA) is 78.1 Å². The van der Waals surface area contributed by atoms with Crippen molar-refractivity contribution in [2.45, 2.75) is 56.9 Å². The van der Waals surface area contributed by atoms with E-state index >= 15 is 0 Å². The minimum absolute atomic E-state index is 0.0598. The Balaban J connectivity index is 1.57. The number of hydrogen-bond acceptors (Lipinski definition) is 4. The molecule has 1 aliphatic carbocycles. The first-order valence-electron chi connectivity index (χ1n) is 12.9. The normalized spacial score (nSPS) is 21.2. The van der Waals surface area contributed by atoms with Gasteiger partial charge in [0.05, 0.1) is 16.8 Å². The average Bonchev–Trinajstić information content (AvgIpc) is 3.32. The van der Waals surface area contributed by atoms with Crippen LogP contribution in [0.2, 0.25) is 0 Å². The number of rotatable bonds is 6. The standard InChI is InChI=1S/C29H35FN4O2S/c1-5-31-27(20-6-10-24(30)11-7-20)29-17-21-18-32-33-26(21)16-23(29)14-15-34(19-29)37(35,36)25-12-8-22(9-13-25)28(2,3)4/h6-13,16,18,27,31H,5,14-15,17,19H2,1-4H3,(H,32,33)/t27-,29?/m0/s1. The Kier molecular flexibility index (Phi) is 6.63. The van der Waals surface area contributed by atoms with Gasteiger partial charge in [0.15, 0.2) is 0 Å². The van der Waals surface area contributed by atoms with Crippen LogP contribution in [-0.2, 0) is 21.9 Å². The molecule has 2 atom stereocenters. The average molecular weight is 523 g/mol. The van der Waals surface area contributed by atoms with Crippen molar-refractivity contribution < 1.29 is 12.8 Å².